The van der Waals surface area contributed by atoms with Crippen molar-refractivity contribution in [3.05, 3.63) is 23.3 Å². The smallest absolute Gasteiger partial charge is 0.270 e. The SMILES string of the molecule is CC(F)(F)c1cc2c(c(C3(CN)CCCCC3)c1)OCO2. The van der Waals surface area contributed by atoms with Crippen molar-refractivity contribution in [2.24, 2.45) is 5.73 Å². The van der Waals surface area contributed by atoms with Gasteiger partial charge in [-0.25, -0.2) is 8.78 Å². The summed E-state index contributed by atoms with van der Waals surface area (Å²) in [6, 6.07) is 2.96. The van der Waals surface area contributed by atoms with Crippen LogP contribution in [0.25, 0.3) is 0 Å². The lowest BCUT2D eigenvalue weighted by Crippen LogP contribution is -2.37. The van der Waals surface area contributed by atoms with Gasteiger partial charge in [0.1, 0.15) is 0 Å². The summed E-state index contributed by atoms with van der Waals surface area (Å²) in [6.45, 7) is 1.44. The first-order chi connectivity index (χ1) is 9.96. The number of fused-ring (bicyclic) bond motifs is 1. The monoisotopic (exact) mass is 297 g/mol. The fourth-order valence-corrected chi connectivity index (χ4v) is 3.47. The summed E-state index contributed by atoms with van der Waals surface area (Å²) in [7, 11) is 0. The Morgan fingerprint density at radius 1 is 1.19 bits per heavy atom. The number of alkyl halides is 2. The average molecular weight is 297 g/mol. The van der Waals surface area contributed by atoms with Crippen LogP contribution in [0.15, 0.2) is 12.1 Å². The van der Waals surface area contributed by atoms with Gasteiger partial charge in [-0.3, -0.25) is 0 Å². The van der Waals surface area contributed by atoms with Crippen molar-refractivity contribution >= 4 is 0 Å². The highest BCUT2D eigenvalue weighted by atomic mass is 19.3. The molecule has 3 nitrogen and oxygen atoms in total. The van der Waals surface area contributed by atoms with Gasteiger partial charge in [0.25, 0.3) is 5.92 Å². The second kappa shape index (κ2) is 5.13. The maximum atomic E-state index is 13.8. The maximum absolute atomic E-state index is 13.8. The van der Waals surface area contributed by atoms with Gasteiger partial charge in [0.2, 0.25) is 6.79 Å². The Hall–Kier alpha value is -1.36. The Morgan fingerprint density at radius 3 is 2.52 bits per heavy atom. The number of rotatable bonds is 3. The fourth-order valence-electron chi connectivity index (χ4n) is 3.47. The van der Waals surface area contributed by atoms with E-state index in [9.17, 15) is 8.78 Å². The van der Waals surface area contributed by atoms with E-state index in [0.29, 0.717) is 18.0 Å². The van der Waals surface area contributed by atoms with Crippen LogP contribution in [0.1, 0.15) is 50.2 Å². The molecule has 1 aromatic rings. The second-order valence-corrected chi connectivity index (χ2v) is 6.19. The Morgan fingerprint density at radius 2 is 1.90 bits per heavy atom. The molecule has 0 saturated heterocycles. The Labute approximate surface area is 123 Å². The van der Waals surface area contributed by atoms with E-state index in [2.05, 4.69) is 0 Å². The van der Waals surface area contributed by atoms with Crippen LogP contribution in [-0.2, 0) is 11.3 Å². The van der Waals surface area contributed by atoms with E-state index in [1.54, 1.807) is 6.07 Å². The van der Waals surface area contributed by atoms with Gasteiger partial charge in [0.15, 0.2) is 11.5 Å². The summed E-state index contributed by atoms with van der Waals surface area (Å²) in [5, 5.41) is 0. The van der Waals surface area contributed by atoms with Crippen LogP contribution in [0.5, 0.6) is 11.5 Å². The molecule has 1 aliphatic heterocycles. The Bertz CT molecular complexity index is 534. The van der Waals surface area contributed by atoms with Gasteiger partial charge in [0.05, 0.1) is 0 Å². The summed E-state index contributed by atoms with van der Waals surface area (Å²) < 4.78 is 38.5. The molecule has 1 aromatic carbocycles. The molecule has 3 rings (SSSR count). The molecule has 1 fully saturated rings. The molecule has 21 heavy (non-hydrogen) atoms. The molecule has 5 heteroatoms. The standard InChI is InChI=1S/C16H21F2NO2/c1-15(17,18)11-7-12(14-13(8-11)20-10-21-14)16(9-19)5-3-2-4-6-16/h7-8H,2-6,9-10,19H2,1H3. The molecule has 2 aliphatic rings. The molecule has 0 atom stereocenters. The summed E-state index contributed by atoms with van der Waals surface area (Å²) in [5.74, 6) is -1.88. The molecule has 0 spiro atoms. The first kappa shape index (κ1) is 14.6. The predicted octanol–water partition coefficient (Wildman–Crippen LogP) is 3.69. The van der Waals surface area contributed by atoms with E-state index in [0.717, 1.165) is 38.2 Å². The quantitative estimate of drug-likeness (QED) is 0.925. The highest BCUT2D eigenvalue weighted by molar-refractivity contribution is 5.55. The molecule has 2 N–H and O–H groups in total. The summed E-state index contributed by atoms with van der Waals surface area (Å²) >= 11 is 0. The summed E-state index contributed by atoms with van der Waals surface area (Å²) in [5.41, 5.74) is 6.55. The molecule has 0 aromatic heterocycles. The van der Waals surface area contributed by atoms with Crippen LogP contribution in [0.4, 0.5) is 8.78 Å². The topological polar surface area (TPSA) is 44.5 Å². The van der Waals surface area contributed by atoms with Crippen LogP contribution in [0.3, 0.4) is 0 Å². The summed E-state index contributed by atoms with van der Waals surface area (Å²) in [4.78, 5) is 0. The van der Waals surface area contributed by atoms with E-state index in [1.807, 2.05) is 0 Å². The molecule has 1 heterocycles. The van der Waals surface area contributed by atoms with E-state index in [4.69, 9.17) is 15.2 Å². The van der Waals surface area contributed by atoms with Crippen molar-refractivity contribution in [1.29, 1.82) is 0 Å². The number of hydrogen-bond donors (Lipinski definition) is 1. The molecule has 0 amide bonds. The predicted molar refractivity (Wildman–Crippen MR) is 76.0 cm³/mol. The van der Waals surface area contributed by atoms with Gasteiger partial charge in [0, 0.05) is 30.0 Å². The Balaban J connectivity index is 2.14. The van der Waals surface area contributed by atoms with Crippen molar-refractivity contribution < 1.29 is 18.3 Å². The van der Waals surface area contributed by atoms with Crippen molar-refractivity contribution in [2.75, 3.05) is 13.3 Å². The molecular weight excluding hydrogens is 276 g/mol. The fraction of sp³-hybridized carbons (Fsp3) is 0.625. The third-order valence-corrected chi connectivity index (χ3v) is 4.75. The van der Waals surface area contributed by atoms with Crippen LogP contribution in [0, 0.1) is 0 Å². The van der Waals surface area contributed by atoms with Gasteiger partial charge in [-0.05, 0) is 25.0 Å². The molecule has 116 valence electrons. The normalized spacial score (nSPS) is 20.6. The lowest BCUT2D eigenvalue weighted by atomic mass is 9.68. The van der Waals surface area contributed by atoms with Crippen molar-refractivity contribution in [2.45, 2.75) is 50.4 Å². The van der Waals surface area contributed by atoms with E-state index >= 15 is 0 Å². The molecule has 1 saturated carbocycles. The van der Waals surface area contributed by atoms with E-state index < -0.39 is 5.92 Å². The largest absolute Gasteiger partial charge is 0.454 e. The Kier molecular flexibility index (Phi) is 3.56. The number of ether oxygens (including phenoxy) is 2. The number of benzene rings is 1. The van der Waals surface area contributed by atoms with Crippen molar-refractivity contribution in [3.63, 3.8) is 0 Å². The van der Waals surface area contributed by atoms with Crippen LogP contribution < -0.4 is 15.2 Å². The van der Waals surface area contributed by atoms with Crippen molar-refractivity contribution in [1.82, 2.24) is 0 Å². The first-order valence-corrected chi connectivity index (χ1v) is 7.49. The average Bonchev–Trinajstić information content (AvgIpc) is 2.94. The number of halogens is 2. The number of nitrogens with two attached hydrogens (primary N) is 1. The van der Waals surface area contributed by atoms with Gasteiger partial charge in [-0.2, -0.15) is 0 Å². The van der Waals surface area contributed by atoms with Crippen molar-refractivity contribution in [3.8, 4) is 11.5 Å². The zero-order valence-electron chi connectivity index (χ0n) is 12.3. The summed E-state index contributed by atoms with van der Waals surface area (Å²) in [6.07, 6.45) is 5.14. The molecule has 0 bridgehead atoms. The zero-order valence-corrected chi connectivity index (χ0v) is 12.3. The minimum Gasteiger partial charge on any atom is -0.454 e. The second-order valence-electron chi connectivity index (χ2n) is 6.19. The first-order valence-electron chi connectivity index (χ1n) is 7.49. The zero-order chi connectivity index (χ0) is 15.1. The molecule has 0 radical (unpaired) electrons. The van der Waals surface area contributed by atoms with E-state index in [1.165, 1.54) is 12.5 Å². The highest BCUT2D eigenvalue weighted by Crippen LogP contribution is 2.49. The van der Waals surface area contributed by atoms with Crippen LogP contribution in [-0.4, -0.2) is 13.3 Å². The van der Waals surface area contributed by atoms with Gasteiger partial charge < -0.3 is 15.2 Å². The number of hydrogen-bond acceptors (Lipinski definition) is 3. The lowest BCUT2D eigenvalue weighted by molar-refractivity contribution is 0.0171. The van der Waals surface area contributed by atoms with Gasteiger partial charge >= 0.3 is 0 Å². The lowest BCUT2D eigenvalue weighted by Gasteiger charge is -2.37. The van der Waals surface area contributed by atoms with Crippen LogP contribution >= 0.6 is 0 Å². The minimum absolute atomic E-state index is 0.0276. The van der Waals surface area contributed by atoms with Crippen LogP contribution in [0.2, 0.25) is 0 Å². The van der Waals surface area contributed by atoms with Gasteiger partial charge in [-0.1, -0.05) is 19.3 Å². The third kappa shape index (κ3) is 2.48. The van der Waals surface area contributed by atoms with Gasteiger partial charge in [-0.15, -0.1) is 0 Å². The minimum atomic E-state index is -2.90. The third-order valence-electron chi connectivity index (χ3n) is 4.75. The molecular formula is C16H21F2NO2. The maximum Gasteiger partial charge on any atom is 0.270 e. The van der Waals surface area contributed by atoms with E-state index in [-0.39, 0.29) is 17.8 Å². The molecule has 1 aliphatic carbocycles. The highest BCUT2D eigenvalue weighted by Gasteiger charge is 2.39. The molecule has 0 unspecified atom stereocenters.